The van der Waals surface area contributed by atoms with Crippen molar-refractivity contribution >= 4 is 46.5 Å². The third-order valence-electron chi connectivity index (χ3n) is 6.80. The van der Waals surface area contributed by atoms with Crippen molar-refractivity contribution in [2.24, 2.45) is 0 Å². The van der Waals surface area contributed by atoms with Crippen LogP contribution in [0.15, 0.2) is 18.3 Å². The maximum atomic E-state index is 12.0. The van der Waals surface area contributed by atoms with Gasteiger partial charge in [-0.2, -0.15) is 20.0 Å². The number of benzene rings is 1. The van der Waals surface area contributed by atoms with Gasteiger partial charge in [-0.1, -0.05) is 18.5 Å². The molecular formula is C26H32ClN11O2. The Morgan fingerprint density at radius 2 is 2.10 bits per heavy atom. The van der Waals surface area contributed by atoms with Gasteiger partial charge >= 0.3 is 6.09 Å². The van der Waals surface area contributed by atoms with E-state index in [1.807, 2.05) is 14.0 Å². The fourth-order valence-electron chi connectivity index (χ4n) is 4.91. The Morgan fingerprint density at radius 1 is 1.30 bits per heavy atom. The first kappa shape index (κ1) is 28.7. The number of aromatic nitrogens is 4. The second-order valence-electron chi connectivity index (χ2n) is 9.42. The van der Waals surface area contributed by atoms with E-state index in [2.05, 4.69) is 59.9 Å². The first-order valence-corrected chi connectivity index (χ1v) is 13.4. The average molecular weight is 566 g/mol. The molecule has 3 aromatic rings. The minimum absolute atomic E-state index is 0.00919. The van der Waals surface area contributed by atoms with Crippen LogP contribution in [0.25, 0.3) is 5.65 Å². The molecule has 4 rings (SSSR count). The number of methoxy groups -OCH3 is 1. The van der Waals surface area contributed by atoms with Gasteiger partial charge in [0, 0.05) is 25.7 Å². The number of alkyl carbamates (subject to hydrolysis) is 1. The summed E-state index contributed by atoms with van der Waals surface area (Å²) in [5, 5.41) is 33.4. The van der Waals surface area contributed by atoms with Gasteiger partial charge in [0.2, 0.25) is 5.95 Å². The highest BCUT2D eigenvalue weighted by atomic mass is 35.5. The minimum Gasteiger partial charge on any atom is -0.453 e. The van der Waals surface area contributed by atoms with Crippen molar-refractivity contribution in [2.75, 3.05) is 55.9 Å². The highest BCUT2D eigenvalue weighted by Crippen LogP contribution is 2.37. The SMILES string of the molecule is CCCN(C)C1CN(c2cc(C#N)cc(Nc3nc(NCC)c4ncc(C#N)n4n3)c2Cl)CCC1NC(=O)OC. The number of halogens is 1. The monoisotopic (exact) mass is 565 g/mol. The van der Waals surface area contributed by atoms with Crippen LogP contribution in [-0.4, -0.2) is 83.0 Å². The fraction of sp³-hybridized carbons (Fsp3) is 0.462. The quantitative estimate of drug-likeness (QED) is 0.349. The molecule has 1 fully saturated rings. The first-order valence-electron chi connectivity index (χ1n) is 13.0. The number of fused-ring (bicyclic) bond motifs is 1. The molecule has 1 saturated heterocycles. The Bertz CT molecular complexity index is 1460. The summed E-state index contributed by atoms with van der Waals surface area (Å²) in [6.07, 6.45) is 2.59. The summed E-state index contributed by atoms with van der Waals surface area (Å²) in [7, 11) is 3.39. The number of rotatable bonds is 9. The molecule has 2 aromatic heterocycles. The van der Waals surface area contributed by atoms with Gasteiger partial charge in [-0.15, -0.1) is 5.10 Å². The number of ether oxygens (including phenoxy) is 1. The Labute approximate surface area is 237 Å². The van der Waals surface area contributed by atoms with Crippen molar-refractivity contribution in [3.63, 3.8) is 0 Å². The molecule has 2 unspecified atom stereocenters. The minimum atomic E-state index is -0.462. The van der Waals surface area contributed by atoms with Crippen molar-refractivity contribution in [2.45, 2.75) is 38.8 Å². The Morgan fingerprint density at radius 3 is 2.77 bits per heavy atom. The molecule has 14 heteroatoms. The number of nitrogens with zero attached hydrogens (tertiary/aromatic N) is 8. The largest absolute Gasteiger partial charge is 0.453 e. The molecule has 40 heavy (non-hydrogen) atoms. The summed E-state index contributed by atoms with van der Waals surface area (Å²) in [6.45, 7) is 6.65. The van der Waals surface area contributed by atoms with Crippen molar-refractivity contribution in [1.29, 1.82) is 10.5 Å². The van der Waals surface area contributed by atoms with E-state index in [9.17, 15) is 15.3 Å². The van der Waals surface area contributed by atoms with Gasteiger partial charge in [0.05, 0.1) is 47.4 Å². The third kappa shape index (κ3) is 5.96. The number of hydrogen-bond acceptors (Lipinski definition) is 11. The Hall–Kier alpha value is -4.33. The zero-order chi connectivity index (χ0) is 28.8. The summed E-state index contributed by atoms with van der Waals surface area (Å²) >= 11 is 6.95. The number of anilines is 4. The number of carbonyl (C=O) groups excluding carboxylic acids is 1. The van der Waals surface area contributed by atoms with E-state index in [1.165, 1.54) is 17.8 Å². The lowest BCUT2D eigenvalue weighted by Crippen LogP contribution is -2.60. The number of carbonyl (C=O) groups is 1. The maximum absolute atomic E-state index is 12.0. The van der Waals surface area contributed by atoms with Crippen LogP contribution in [0.2, 0.25) is 5.02 Å². The Kier molecular flexibility index (Phi) is 9.09. The van der Waals surface area contributed by atoms with Crippen LogP contribution < -0.4 is 20.9 Å². The van der Waals surface area contributed by atoms with E-state index in [4.69, 9.17) is 16.3 Å². The number of likely N-dealkylation sites (N-methyl/N-ethyl adjacent to an activating group) is 1. The number of hydrogen-bond donors (Lipinski definition) is 3. The van der Waals surface area contributed by atoms with Gasteiger partial charge in [-0.3, -0.25) is 4.90 Å². The molecule has 2 atom stereocenters. The zero-order valence-electron chi connectivity index (χ0n) is 22.9. The normalized spacial score (nSPS) is 16.9. The molecular weight excluding hydrogens is 534 g/mol. The number of nitrogens with one attached hydrogen (secondary N) is 3. The van der Waals surface area contributed by atoms with Crippen LogP contribution in [0.3, 0.4) is 0 Å². The number of nitriles is 2. The molecule has 13 nitrogen and oxygen atoms in total. The van der Waals surface area contributed by atoms with E-state index in [-0.39, 0.29) is 23.7 Å². The molecule has 0 saturated carbocycles. The molecule has 210 valence electrons. The van der Waals surface area contributed by atoms with Crippen molar-refractivity contribution in [3.8, 4) is 12.1 Å². The lowest BCUT2D eigenvalue weighted by Gasteiger charge is -2.44. The summed E-state index contributed by atoms with van der Waals surface area (Å²) in [6, 6.07) is 7.57. The second-order valence-corrected chi connectivity index (χ2v) is 9.80. The average Bonchev–Trinajstić information content (AvgIpc) is 3.38. The van der Waals surface area contributed by atoms with Crippen LogP contribution in [-0.2, 0) is 4.74 Å². The molecule has 1 aromatic carbocycles. The fourth-order valence-corrected chi connectivity index (χ4v) is 5.18. The number of imidazole rings is 1. The van der Waals surface area contributed by atoms with Gasteiger partial charge in [0.25, 0.3) is 0 Å². The lowest BCUT2D eigenvalue weighted by atomic mass is 9.96. The zero-order valence-corrected chi connectivity index (χ0v) is 23.7. The highest BCUT2D eigenvalue weighted by Gasteiger charge is 2.34. The third-order valence-corrected chi connectivity index (χ3v) is 7.20. The predicted molar refractivity (Wildman–Crippen MR) is 152 cm³/mol. The van der Waals surface area contributed by atoms with Crippen LogP contribution in [0.5, 0.6) is 0 Å². The van der Waals surface area contributed by atoms with Crippen molar-refractivity contribution < 1.29 is 9.53 Å². The van der Waals surface area contributed by atoms with E-state index < -0.39 is 6.09 Å². The highest BCUT2D eigenvalue weighted by molar-refractivity contribution is 6.36. The van der Waals surface area contributed by atoms with Crippen LogP contribution >= 0.6 is 11.6 Å². The van der Waals surface area contributed by atoms with Gasteiger partial charge in [0.15, 0.2) is 17.2 Å². The summed E-state index contributed by atoms with van der Waals surface area (Å²) in [5.74, 6) is 0.638. The molecule has 1 aliphatic rings. The summed E-state index contributed by atoms with van der Waals surface area (Å²) in [4.78, 5) is 25.1. The second kappa shape index (κ2) is 12.7. The number of amides is 1. The standard InChI is InChI=1S/C26H32ClN11O2/c1-5-8-36(3)21-15-37(9-7-18(21)33-26(39)40-4)20-11-16(12-28)10-19(22(20)27)32-25-34-23(30-6-2)24-31-14-17(13-29)38(24)35-25/h10-11,14,18,21H,5-9,15H2,1-4H3,(H,33,39)(H2,30,32,34,35). The van der Waals surface area contributed by atoms with Gasteiger partial charge in [-0.05, 0) is 45.5 Å². The van der Waals surface area contributed by atoms with Gasteiger partial charge < -0.3 is 25.6 Å². The van der Waals surface area contributed by atoms with Crippen LogP contribution in [0.1, 0.15) is 37.9 Å². The molecule has 0 spiro atoms. The lowest BCUT2D eigenvalue weighted by molar-refractivity contribution is 0.139. The summed E-state index contributed by atoms with van der Waals surface area (Å²) < 4.78 is 6.25. The van der Waals surface area contributed by atoms with E-state index in [1.54, 1.807) is 12.1 Å². The van der Waals surface area contributed by atoms with Gasteiger partial charge in [-0.25, -0.2) is 9.78 Å². The van der Waals surface area contributed by atoms with Gasteiger partial charge in [0.1, 0.15) is 6.07 Å². The molecule has 0 radical (unpaired) electrons. The first-order chi connectivity index (χ1) is 19.3. The van der Waals surface area contributed by atoms with E-state index >= 15 is 0 Å². The Balaban J connectivity index is 1.69. The van der Waals surface area contributed by atoms with Crippen molar-refractivity contribution in [3.05, 3.63) is 34.6 Å². The van der Waals surface area contributed by atoms with Crippen LogP contribution in [0.4, 0.5) is 27.9 Å². The molecule has 3 N–H and O–H groups in total. The van der Waals surface area contributed by atoms with E-state index in [0.29, 0.717) is 59.5 Å². The van der Waals surface area contributed by atoms with Crippen LogP contribution in [0, 0.1) is 22.7 Å². The smallest absolute Gasteiger partial charge is 0.407 e. The molecule has 1 aliphatic heterocycles. The number of piperidine rings is 1. The topological polar surface area (TPSA) is 160 Å². The maximum Gasteiger partial charge on any atom is 0.407 e. The molecule has 1 amide bonds. The molecule has 3 heterocycles. The summed E-state index contributed by atoms with van der Waals surface area (Å²) in [5.41, 5.74) is 2.21. The predicted octanol–water partition coefficient (Wildman–Crippen LogP) is 3.34. The molecule has 0 aliphatic carbocycles. The van der Waals surface area contributed by atoms with Crippen molar-refractivity contribution in [1.82, 2.24) is 29.8 Å². The van der Waals surface area contributed by atoms with E-state index in [0.717, 1.165) is 13.0 Å². The molecule has 0 bridgehead atoms.